The Hall–Kier alpha value is -0.860. The first-order valence-electron chi connectivity index (χ1n) is 6.92. The van der Waals surface area contributed by atoms with Crippen molar-refractivity contribution in [1.82, 2.24) is 9.80 Å². The van der Waals surface area contributed by atoms with Gasteiger partial charge in [0, 0.05) is 19.1 Å². The summed E-state index contributed by atoms with van der Waals surface area (Å²) in [5.74, 6) is 0. The van der Waals surface area contributed by atoms with Crippen LogP contribution >= 0.6 is 0 Å². The topological polar surface area (TPSA) is 6.48 Å². The average molecular weight is 230 g/mol. The minimum Gasteiger partial charge on any atom is -0.299 e. The highest BCUT2D eigenvalue weighted by atomic mass is 15.3. The summed E-state index contributed by atoms with van der Waals surface area (Å²) in [4.78, 5) is 5.34. The fraction of sp³-hybridized carbons (Fsp3) is 0.600. The van der Waals surface area contributed by atoms with E-state index in [0.717, 1.165) is 12.6 Å². The highest BCUT2D eigenvalue weighted by molar-refractivity contribution is 5.14. The molecule has 0 bridgehead atoms. The molecule has 0 saturated carbocycles. The smallest absolute Gasteiger partial charge is 0.0234 e. The van der Waals surface area contributed by atoms with Crippen LogP contribution in [0.2, 0.25) is 0 Å². The molecule has 2 aliphatic rings. The summed E-state index contributed by atoms with van der Waals surface area (Å²) in [6, 6.07) is 11.7. The van der Waals surface area contributed by atoms with Gasteiger partial charge in [-0.1, -0.05) is 30.3 Å². The van der Waals surface area contributed by atoms with Gasteiger partial charge in [0.25, 0.3) is 0 Å². The van der Waals surface area contributed by atoms with Crippen LogP contribution in [-0.4, -0.2) is 42.0 Å². The van der Waals surface area contributed by atoms with Crippen molar-refractivity contribution in [2.45, 2.75) is 31.8 Å². The lowest BCUT2D eigenvalue weighted by Crippen LogP contribution is -2.36. The molecule has 2 heterocycles. The summed E-state index contributed by atoms with van der Waals surface area (Å²) >= 11 is 0. The number of rotatable bonds is 2. The predicted molar refractivity (Wildman–Crippen MR) is 70.9 cm³/mol. The van der Waals surface area contributed by atoms with Crippen molar-refractivity contribution in [2.75, 3.05) is 26.2 Å². The molecule has 3 rings (SSSR count). The number of hydrogen-bond donors (Lipinski definition) is 0. The first-order chi connectivity index (χ1) is 8.42. The minimum atomic E-state index is 0.834. The molecule has 2 aliphatic heterocycles. The fourth-order valence-corrected chi connectivity index (χ4v) is 3.27. The molecule has 0 aliphatic carbocycles. The van der Waals surface area contributed by atoms with Gasteiger partial charge in [0.05, 0.1) is 0 Å². The monoisotopic (exact) mass is 230 g/mol. The number of hydrogen-bond acceptors (Lipinski definition) is 2. The molecule has 0 radical (unpaired) electrons. The van der Waals surface area contributed by atoms with Gasteiger partial charge in [0.2, 0.25) is 0 Å². The molecular formula is C15H22N2. The van der Waals surface area contributed by atoms with E-state index in [9.17, 15) is 0 Å². The number of fused-ring (bicyclic) bond motifs is 1. The zero-order chi connectivity index (χ0) is 11.5. The van der Waals surface area contributed by atoms with Crippen LogP contribution in [0.4, 0.5) is 0 Å². The van der Waals surface area contributed by atoms with Crippen LogP contribution in [0.3, 0.4) is 0 Å². The van der Waals surface area contributed by atoms with Crippen LogP contribution in [-0.2, 0) is 6.54 Å². The molecule has 1 atom stereocenters. The quantitative estimate of drug-likeness (QED) is 0.769. The zero-order valence-electron chi connectivity index (χ0n) is 10.5. The van der Waals surface area contributed by atoms with E-state index in [1.807, 2.05) is 0 Å². The average Bonchev–Trinajstić information content (AvgIpc) is 2.70. The molecule has 2 saturated heterocycles. The first kappa shape index (κ1) is 11.2. The van der Waals surface area contributed by atoms with Gasteiger partial charge in [0.15, 0.2) is 0 Å². The van der Waals surface area contributed by atoms with Crippen molar-refractivity contribution >= 4 is 0 Å². The Bertz CT molecular complexity index is 349. The molecule has 0 spiro atoms. The molecule has 0 N–H and O–H groups in total. The molecule has 1 aromatic carbocycles. The Kier molecular flexibility index (Phi) is 3.44. The standard InChI is InChI=1S/C15H22N2/c1-2-6-14(7-3-1)12-16-9-5-11-17-10-4-8-15(17)13-16/h1-3,6-7,15H,4-5,8-13H2. The molecular weight excluding hydrogens is 208 g/mol. The van der Waals surface area contributed by atoms with Gasteiger partial charge in [-0.2, -0.15) is 0 Å². The van der Waals surface area contributed by atoms with E-state index >= 15 is 0 Å². The second-order valence-electron chi connectivity index (χ2n) is 5.41. The third-order valence-electron chi connectivity index (χ3n) is 4.14. The van der Waals surface area contributed by atoms with Crippen molar-refractivity contribution in [3.63, 3.8) is 0 Å². The molecule has 2 nitrogen and oxygen atoms in total. The molecule has 92 valence electrons. The van der Waals surface area contributed by atoms with Crippen molar-refractivity contribution in [3.8, 4) is 0 Å². The largest absolute Gasteiger partial charge is 0.299 e. The van der Waals surface area contributed by atoms with Gasteiger partial charge in [-0.3, -0.25) is 9.80 Å². The summed E-state index contributed by atoms with van der Waals surface area (Å²) in [6.07, 6.45) is 4.15. The molecule has 0 aromatic heterocycles. The van der Waals surface area contributed by atoms with Crippen LogP contribution in [0.25, 0.3) is 0 Å². The Morgan fingerprint density at radius 1 is 1.00 bits per heavy atom. The van der Waals surface area contributed by atoms with Gasteiger partial charge in [0.1, 0.15) is 0 Å². The van der Waals surface area contributed by atoms with Crippen LogP contribution in [0.1, 0.15) is 24.8 Å². The van der Waals surface area contributed by atoms with Crippen LogP contribution in [0.15, 0.2) is 30.3 Å². The third kappa shape index (κ3) is 2.70. The SMILES string of the molecule is c1ccc(CN2CCCN3CCCC3C2)cc1. The minimum absolute atomic E-state index is 0.834. The molecule has 1 aromatic rings. The predicted octanol–water partition coefficient (Wildman–Crippen LogP) is 2.36. The Morgan fingerprint density at radius 3 is 2.71 bits per heavy atom. The maximum Gasteiger partial charge on any atom is 0.0234 e. The van der Waals surface area contributed by atoms with Gasteiger partial charge in [-0.15, -0.1) is 0 Å². The molecule has 17 heavy (non-hydrogen) atoms. The molecule has 0 amide bonds. The van der Waals surface area contributed by atoms with E-state index in [4.69, 9.17) is 0 Å². The highest BCUT2D eigenvalue weighted by Gasteiger charge is 2.28. The Morgan fingerprint density at radius 2 is 1.82 bits per heavy atom. The molecule has 2 heteroatoms. The lowest BCUT2D eigenvalue weighted by Gasteiger charge is -2.25. The summed E-state index contributed by atoms with van der Waals surface area (Å²) in [6.45, 7) is 6.32. The summed E-state index contributed by atoms with van der Waals surface area (Å²) in [5.41, 5.74) is 1.46. The van der Waals surface area contributed by atoms with Crippen molar-refractivity contribution in [1.29, 1.82) is 0 Å². The Balaban J connectivity index is 1.63. The van der Waals surface area contributed by atoms with Gasteiger partial charge in [-0.05, 0) is 44.5 Å². The Labute approximate surface area is 104 Å². The highest BCUT2D eigenvalue weighted by Crippen LogP contribution is 2.22. The zero-order valence-corrected chi connectivity index (χ0v) is 10.5. The van der Waals surface area contributed by atoms with Gasteiger partial charge < -0.3 is 0 Å². The second-order valence-corrected chi connectivity index (χ2v) is 5.41. The summed E-state index contributed by atoms with van der Waals surface area (Å²) in [7, 11) is 0. The molecule has 1 unspecified atom stereocenters. The van der Waals surface area contributed by atoms with E-state index in [1.54, 1.807) is 0 Å². The lowest BCUT2D eigenvalue weighted by molar-refractivity contribution is 0.215. The fourth-order valence-electron chi connectivity index (χ4n) is 3.27. The van der Waals surface area contributed by atoms with E-state index in [-0.39, 0.29) is 0 Å². The van der Waals surface area contributed by atoms with E-state index in [0.29, 0.717) is 0 Å². The maximum absolute atomic E-state index is 2.70. The van der Waals surface area contributed by atoms with Crippen molar-refractivity contribution in [3.05, 3.63) is 35.9 Å². The maximum atomic E-state index is 2.70. The van der Waals surface area contributed by atoms with Gasteiger partial charge >= 0.3 is 0 Å². The van der Waals surface area contributed by atoms with Crippen LogP contribution in [0.5, 0.6) is 0 Å². The number of nitrogens with zero attached hydrogens (tertiary/aromatic N) is 2. The molecule has 2 fully saturated rings. The normalized spacial score (nSPS) is 26.7. The van der Waals surface area contributed by atoms with Crippen LogP contribution < -0.4 is 0 Å². The van der Waals surface area contributed by atoms with Gasteiger partial charge in [-0.25, -0.2) is 0 Å². The third-order valence-corrected chi connectivity index (χ3v) is 4.14. The van der Waals surface area contributed by atoms with Crippen molar-refractivity contribution in [2.24, 2.45) is 0 Å². The van der Waals surface area contributed by atoms with Crippen LogP contribution in [0, 0.1) is 0 Å². The summed E-state index contributed by atoms with van der Waals surface area (Å²) in [5, 5.41) is 0. The van der Waals surface area contributed by atoms with Crippen molar-refractivity contribution < 1.29 is 0 Å². The van der Waals surface area contributed by atoms with E-state index < -0.39 is 0 Å². The first-order valence-corrected chi connectivity index (χ1v) is 6.92. The lowest BCUT2D eigenvalue weighted by atomic mass is 10.2. The second kappa shape index (κ2) is 5.19. The van der Waals surface area contributed by atoms with E-state index in [1.165, 1.54) is 51.0 Å². The number of benzene rings is 1. The summed E-state index contributed by atoms with van der Waals surface area (Å²) < 4.78 is 0. The van der Waals surface area contributed by atoms with E-state index in [2.05, 4.69) is 40.1 Å².